The van der Waals surface area contributed by atoms with Gasteiger partial charge in [-0.1, -0.05) is 18.2 Å². The smallest absolute Gasteiger partial charge is 0.410 e. The van der Waals surface area contributed by atoms with E-state index in [2.05, 4.69) is 21.3 Å². The molecule has 43 heavy (non-hydrogen) atoms. The molecule has 0 saturated carbocycles. The van der Waals surface area contributed by atoms with Crippen molar-refractivity contribution in [3.05, 3.63) is 60.7 Å². The molecule has 5 rings (SSSR count). The fraction of sp³-hybridized carbons (Fsp3) is 0.400. The summed E-state index contributed by atoms with van der Waals surface area (Å²) in [6.07, 6.45) is 0.388. The van der Waals surface area contributed by atoms with Gasteiger partial charge in [-0.2, -0.15) is 28.6 Å². The van der Waals surface area contributed by atoms with Crippen molar-refractivity contribution in [3.63, 3.8) is 0 Å². The summed E-state index contributed by atoms with van der Waals surface area (Å²) in [6.45, 7) is 5.99. The molecule has 10 nitrogen and oxygen atoms in total. The van der Waals surface area contributed by atoms with E-state index in [1.165, 1.54) is 0 Å². The van der Waals surface area contributed by atoms with Crippen molar-refractivity contribution in [2.75, 3.05) is 13.1 Å². The Morgan fingerprint density at radius 3 is 2.49 bits per heavy atom. The van der Waals surface area contributed by atoms with E-state index < -0.39 is 42.0 Å². The van der Waals surface area contributed by atoms with E-state index in [1.54, 1.807) is 71.7 Å². The second kappa shape index (κ2) is 11.2. The lowest BCUT2D eigenvalue weighted by Crippen LogP contribution is -2.64. The van der Waals surface area contributed by atoms with E-state index in [0.717, 1.165) is 16.7 Å². The fourth-order valence-corrected chi connectivity index (χ4v) is 5.00. The SMILES string of the molecule is CC(C)(C)OC(=O)N1CC(CC#N)(n2cc(-c3cnn4c(-c5cccc(CC(=O)CCC(F)(F)F)c5)cnc4c3)cn2)C1. The molecule has 1 aliphatic heterocycles. The lowest BCUT2D eigenvalue weighted by atomic mass is 9.87. The minimum atomic E-state index is -4.37. The van der Waals surface area contributed by atoms with Crippen LogP contribution in [0.4, 0.5) is 18.0 Å². The number of ether oxygens (including phenoxy) is 1. The summed E-state index contributed by atoms with van der Waals surface area (Å²) in [6, 6.07) is 11.1. The summed E-state index contributed by atoms with van der Waals surface area (Å²) in [5.74, 6) is -0.480. The Morgan fingerprint density at radius 1 is 1.05 bits per heavy atom. The molecule has 1 aromatic carbocycles. The van der Waals surface area contributed by atoms with Crippen LogP contribution in [-0.4, -0.2) is 66.0 Å². The van der Waals surface area contributed by atoms with Gasteiger partial charge >= 0.3 is 12.3 Å². The van der Waals surface area contributed by atoms with Gasteiger partial charge in [0.05, 0.1) is 56.3 Å². The highest BCUT2D eigenvalue weighted by Crippen LogP contribution is 2.35. The fourth-order valence-electron chi connectivity index (χ4n) is 5.00. The zero-order valence-corrected chi connectivity index (χ0v) is 23.9. The van der Waals surface area contributed by atoms with Gasteiger partial charge in [0.2, 0.25) is 0 Å². The summed E-state index contributed by atoms with van der Waals surface area (Å²) < 4.78 is 46.2. The van der Waals surface area contributed by atoms with Gasteiger partial charge < -0.3 is 9.64 Å². The third-order valence-electron chi connectivity index (χ3n) is 7.10. The third kappa shape index (κ3) is 6.69. The van der Waals surface area contributed by atoms with Crippen LogP contribution in [0.1, 0.15) is 45.6 Å². The normalized spacial score (nSPS) is 14.8. The predicted molar refractivity (Wildman–Crippen MR) is 150 cm³/mol. The average molecular weight is 594 g/mol. The van der Waals surface area contributed by atoms with Crippen LogP contribution in [0.25, 0.3) is 28.0 Å². The van der Waals surface area contributed by atoms with Gasteiger partial charge in [0.1, 0.15) is 16.9 Å². The van der Waals surface area contributed by atoms with Gasteiger partial charge in [0.25, 0.3) is 0 Å². The number of halogens is 3. The Kier molecular flexibility index (Phi) is 7.72. The van der Waals surface area contributed by atoms with Crippen LogP contribution in [0.3, 0.4) is 0 Å². The highest BCUT2D eigenvalue weighted by Gasteiger charge is 2.48. The number of likely N-dealkylation sites (tertiary alicyclic amines) is 1. The number of amides is 1. The summed E-state index contributed by atoms with van der Waals surface area (Å²) in [4.78, 5) is 30.6. The number of rotatable bonds is 8. The number of imidazole rings is 1. The van der Waals surface area contributed by atoms with Gasteiger partial charge in [-0.15, -0.1) is 0 Å². The van der Waals surface area contributed by atoms with Crippen LogP contribution in [0.5, 0.6) is 0 Å². The molecule has 0 bridgehead atoms. The van der Waals surface area contributed by atoms with Crippen molar-refractivity contribution in [3.8, 4) is 28.5 Å². The molecule has 0 spiro atoms. The molecule has 0 aliphatic carbocycles. The molecule has 224 valence electrons. The zero-order valence-electron chi connectivity index (χ0n) is 23.9. The van der Waals surface area contributed by atoms with Crippen LogP contribution in [0.2, 0.25) is 0 Å². The number of benzene rings is 1. The second-order valence-corrected chi connectivity index (χ2v) is 11.8. The van der Waals surface area contributed by atoms with Crippen molar-refractivity contribution in [1.29, 1.82) is 5.26 Å². The standard InChI is InChI=1S/C30H30F3N7O3/c1-28(2,3)43-27(42)38-18-29(19-38,9-10-34)39-17-23(15-36-39)22-13-26-35-16-25(40(26)37-14-22)21-6-4-5-20(11-21)12-24(41)7-8-30(31,32)33/h4-6,11,13-17H,7-9,12,18-19H2,1-3H3. The first-order valence-corrected chi connectivity index (χ1v) is 13.7. The quantitative estimate of drug-likeness (QED) is 0.262. The lowest BCUT2D eigenvalue weighted by molar-refractivity contribution is -0.143. The number of nitriles is 1. The van der Waals surface area contributed by atoms with E-state index in [1.807, 2.05) is 18.3 Å². The molecule has 4 heterocycles. The van der Waals surface area contributed by atoms with Crippen LogP contribution < -0.4 is 0 Å². The summed E-state index contributed by atoms with van der Waals surface area (Å²) in [5.41, 5.74) is 2.76. The molecule has 0 atom stereocenters. The number of Topliss-reactive ketones (excluding diaryl/α,β-unsaturated/α-hetero) is 1. The molecule has 0 N–H and O–H groups in total. The minimum absolute atomic E-state index is 0.0922. The number of fused-ring (bicyclic) bond motifs is 1. The molecule has 3 aromatic heterocycles. The number of alkyl halides is 3. The van der Waals surface area contributed by atoms with Crippen molar-refractivity contribution < 1.29 is 27.5 Å². The Labute approximate surface area is 245 Å². The Bertz CT molecular complexity index is 1710. The maximum absolute atomic E-state index is 12.5. The van der Waals surface area contributed by atoms with E-state index in [0.29, 0.717) is 30.0 Å². The van der Waals surface area contributed by atoms with E-state index in [4.69, 9.17) is 4.74 Å². The highest BCUT2D eigenvalue weighted by atomic mass is 19.4. The summed E-state index contributed by atoms with van der Waals surface area (Å²) in [5, 5.41) is 18.6. The van der Waals surface area contributed by atoms with E-state index >= 15 is 0 Å². The molecule has 1 amide bonds. The Morgan fingerprint density at radius 2 is 1.79 bits per heavy atom. The first-order valence-electron chi connectivity index (χ1n) is 13.7. The molecular formula is C30H30F3N7O3. The topological polar surface area (TPSA) is 118 Å². The van der Waals surface area contributed by atoms with Gasteiger partial charge in [-0.3, -0.25) is 9.48 Å². The van der Waals surface area contributed by atoms with Crippen LogP contribution in [0.15, 0.2) is 55.1 Å². The van der Waals surface area contributed by atoms with Gasteiger partial charge in [0, 0.05) is 35.7 Å². The number of carbonyl (C=O) groups is 2. The molecule has 1 fully saturated rings. The number of aromatic nitrogens is 5. The third-order valence-corrected chi connectivity index (χ3v) is 7.10. The van der Waals surface area contributed by atoms with Crippen LogP contribution in [0, 0.1) is 11.3 Å². The Balaban J connectivity index is 1.32. The van der Waals surface area contributed by atoms with Crippen molar-refractivity contribution in [1.82, 2.24) is 29.3 Å². The zero-order chi connectivity index (χ0) is 31.0. The summed E-state index contributed by atoms with van der Waals surface area (Å²) >= 11 is 0. The van der Waals surface area contributed by atoms with Gasteiger partial charge in [-0.05, 0) is 38.5 Å². The first-order chi connectivity index (χ1) is 20.2. The largest absolute Gasteiger partial charge is 0.444 e. The molecule has 1 saturated heterocycles. The highest BCUT2D eigenvalue weighted by molar-refractivity contribution is 5.81. The minimum Gasteiger partial charge on any atom is -0.444 e. The van der Waals surface area contributed by atoms with Crippen LogP contribution in [-0.2, 0) is 21.5 Å². The lowest BCUT2D eigenvalue weighted by Gasteiger charge is -2.48. The van der Waals surface area contributed by atoms with Crippen molar-refractivity contribution in [2.24, 2.45) is 0 Å². The van der Waals surface area contributed by atoms with E-state index in [-0.39, 0.29) is 12.8 Å². The number of hydrogen-bond donors (Lipinski definition) is 0. The molecular weight excluding hydrogens is 563 g/mol. The van der Waals surface area contributed by atoms with E-state index in [9.17, 15) is 28.0 Å². The number of hydrogen-bond acceptors (Lipinski definition) is 7. The second-order valence-electron chi connectivity index (χ2n) is 11.8. The number of nitrogens with zero attached hydrogens (tertiary/aromatic N) is 7. The summed E-state index contributed by atoms with van der Waals surface area (Å²) in [7, 11) is 0. The molecule has 0 radical (unpaired) electrons. The monoisotopic (exact) mass is 593 g/mol. The maximum atomic E-state index is 12.5. The van der Waals surface area contributed by atoms with Gasteiger partial charge in [0.15, 0.2) is 5.65 Å². The molecule has 4 aromatic rings. The van der Waals surface area contributed by atoms with Crippen molar-refractivity contribution in [2.45, 2.75) is 63.8 Å². The predicted octanol–water partition coefficient (Wildman–Crippen LogP) is 5.57. The Hall–Kier alpha value is -4.73. The molecule has 13 heteroatoms. The van der Waals surface area contributed by atoms with Crippen molar-refractivity contribution >= 4 is 17.5 Å². The van der Waals surface area contributed by atoms with Crippen LogP contribution >= 0.6 is 0 Å². The average Bonchev–Trinajstić information content (AvgIpc) is 3.56. The maximum Gasteiger partial charge on any atom is 0.410 e. The molecule has 0 unspecified atom stereocenters. The number of carbonyl (C=O) groups excluding carboxylic acids is 2. The number of ketones is 1. The molecule has 1 aliphatic rings. The van der Waals surface area contributed by atoms with Gasteiger partial charge in [-0.25, -0.2) is 14.3 Å². The first kappa shape index (κ1) is 29.8.